The SMILES string of the molecule is Cc1cnc2c(c1)[nH]c(=S)n2CC(C)c1nccs1. The van der Waals surface area contributed by atoms with Gasteiger partial charge in [-0.1, -0.05) is 6.92 Å². The third-order valence-electron chi connectivity index (χ3n) is 3.08. The van der Waals surface area contributed by atoms with Gasteiger partial charge in [0.25, 0.3) is 0 Å². The van der Waals surface area contributed by atoms with E-state index in [0.29, 0.717) is 5.92 Å². The highest BCUT2D eigenvalue weighted by Crippen LogP contribution is 2.22. The highest BCUT2D eigenvalue weighted by atomic mass is 32.1. The number of imidazole rings is 1. The van der Waals surface area contributed by atoms with Crippen molar-refractivity contribution < 1.29 is 0 Å². The molecule has 0 amide bonds. The lowest BCUT2D eigenvalue weighted by molar-refractivity contribution is 0.598. The van der Waals surface area contributed by atoms with Crippen molar-refractivity contribution in [3.8, 4) is 0 Å². The first-order chi connectivity index (χ1) is 9.15. The summed E-state index contributed by atoms with van der Waals surface area (Å²) in [7, 11) is 0. The van der Waals surface area contributed by atoms with E-state index in [9.17, 15) is 0 Å². The minimum absolute atomic E-state index is 0.328. The van der Waals surface area contributed by atoms with Gasteiger partial charge in [-0.25, -0.2) is 9.97 Å². The second kappa shape index (κ2) is 4.86. The molecule has 0 aliphatic heterocycles. The lowest BCUT2D eigenvalue weighted by Crippen LogP contribution is -2.06. The maximum atomic E-state index is 5.39. The standard InChI is InChI=1S/C13H14N4S2/c1-8-5-10-11(15-6-8)17(13(18)16-10)7-9(2)12-14-3-4-19-12/h3-6,9H,7H2,1-2H3,(H,16,18). The number of fused-ring (bicyclic) bond motifs is 1. The summed E-state index contributed by atoms with van der Waals surface area (Å²) in [5, 5.41) is 3.13. The molecule has 3 heterocycles. The predicted octanol–water partition coefficient (Wildman–Crippen LogP) is 3.66. The molecule has 0 bridgehead atoms. The Bertz CT molecular complexity index is 755. The van der Waals surface area contributed by atoms with Gasteiger partial charge in [0.15, 0.2) is 10.4 Å². The molecule has 3 aromatic rings. The van der Waals surface area contributed by atoms with E-state index in [1.165, 1.54) is 0 Å². The molecular formula is C13H14N4S2. The molecule has 1 atom stereocenters. The molecule has 0 aromatic carbocycles. The molecule has 4 nitrogen and oxygen atoms in total. The first-order valence-corrected chi connectivity index (χ1v) is 7.38. The van der Waals surface area contributed by atoms with Crippen LogP contribution in [0.5, 0.6) is 0 Å². The Hall–Kier alpha value is -1.53. The van der Waals surface area contributed by atoms with Gasteiger partial charge in [-0.3, -0.25) is 0 Å². The van der Waals surface area contributed by atoms with Crippen LogP contribution in [0.1, 0.15) is 23.4 Å². The lowest BCUT2D eigenvalue weighted by atomic mass is 10.2. The summed E-state index contributed by atoms with van der Waals surface area (Å²) in [6.07, 6.45) is 3.71. The van der Waals surface area contributed by atoms with Crippen molar-refractivity contribution in [3.63, 3.8) is 0 Å². The number of hydrogen-bond donors (Lipinski definition) is 1. The van der Waals surface area contributed by atoms with Crippen LogP contribution in [0.3, 0.4) is 0 Å². The number of hydrogen-bond acceptors (Lipinski definition) is 4. The number of H-pyrrole nitrogens is 1. The van der Waals surface area contributed by atoms with Gasteiger partial charge in [-0.15, -0.1) is 11.3 Å². The number of thiazole rings is 1. The fourth-order valence-electron chi connectivity index (χ4n) is 2.15. The predicted molar refractivity (Wildman–Crippen MR) is 80.2 cm³/mol. The van der Waals surface area contributed by atoms with Crippen LogP contribution >= 0.6 is 23.6 Å². The Morgan fingerprint density at radius 2 is 2.32 bits per heavy atom. The summed E-state index contributed by atoms with van der Waals surface area (Å²) in [4.78, 5) is 12.1. The molecule has 0 spiro atoms. The molecular weight excluding hydrogens is 276 g/mol. The zero-order valence-corrected chi connectivity index (χ0v) is 12.4. The van der Waals surface area contributed by atoms with Gasteiger partial charge in [0.05, 0.1) is 10.5 Å². The van der Waals surface area contributed by atoms with Gasteiger partial charge in [0.1, 0.15) is 0 Å². The molecule has 6 heteroatoms. The fraction of sp³-hybridized carbons (Fsp3) is 0.308. The van der Waals surface area contributed by atoms with E-state index in [1.54, 1.807) is 11.3 Å². The molecule has 0 radical (unpaired) electrons. The summed E-state index contributed by atoms with van der Waals surface area (Å²) < 4.78 is 2.77. The summed E-state index contributed by atoms with van der Waals surface area (Å²) in [5.74, 6) is 0.328. The summed E-state index contributed by atoms with van der Waals surface area (Å²) in [6, 6.07) is 2.07. The van der Waals surface area contributed by atoms with Crippen molar-refractivity contribution in [2.45, 2.75) is 26.3 Å². The number of aromatic nitrogens is 4. The van der Waals surface area contributed by atoms with Gasteiger partial charge in [-0.05, 0) is 30.8 Å². The van der Waals surface area contributed by atoms with Gasteiger partial charge < -0.3 is 9.55 Å². The molecule has 0 saturated heterocycles. The number of aryl methyl sites for hydroxylation is 1. The highest BCUT2D eigenvalue weighted by Gasteiger charge is 2.13. The van der Waals surface area contributed by atoms with Crippen molar-refractivity contribution in [2.75, 3.05) is 0 Å². The van der Waals surface area contributed by atoms with E-state index < -0.39 is 0 Å². The molecule has 98 valence electrons. The maximum Gasteiger partial charge on any atom is 0.179 e. The molecule has 1 unspecified atom stereocenters. The normalized spacial score (nSPS) is 12.9. The van der Waals surface area contributed by atoms with Crippen LogP contribution < -0.4 is 0 Å². The second-order valence-corrected chi connectivity index (χ2v) is 6.01. The molecule has 3 aromatic heterocycles. The maximum absolute atomic E-state index is 5.39. The van der Waals surface area contributed by atoms with Gasteiger partial charge in [0, 0.05) is 30.2 Å². The van der Waals surface area contributed by atoms with E-state index in [2.05, 4.69) is 32.5 Å². The summed E-state index contributed by atoms with van der Waals surface area (Å²) in [5.41, 5.74) is 3.04. The van der Waals surface area contributed by atoms with Gasteiger partial charge in [0.2, 0.25) is 0 Å². The van der Waals surface area contributed by atoms with Crippen LogP contribution in [-0.2, 0) is 6.54 Å². The third kappa shape index (κ3) is 2.33. The van der Waals surface area contributed by atoms with E-state index in [4.69, 9.17) is 12.2 Å². The fourth-order valence-corrected chi connectivity index (χ4v) is 3.11. The number of rotatable bonds is 3. The van der Waals surface area contributed by atoms with Crippen molar-refractivity contribution in [1.29, 1.82) is 0 Å². The molecule has 0 aliphatic carbocycles. The van der Waals surface area contributed by atoms with Crippen molar-refractivity contribution in [1.82, 2.24) is 19.5 Å². The Labute approximate surface area is 120 Å². The summed E-state index contributed by atoms with van der Waals surface area (Å²) >= 11 is 7.07. The Kier molecular flexibility index (Phi) is 3.20. The van der Waals surface area contributed by atoms with Crippen LogP contribution in [0.2, 0.25) is 0 Å². The van der Waals surface area contributed by atoms with Gasteiger partial charge in [-0.2, -0.15) is 0 Å². The first kappa shape index (κ1) is 12.5. The zero-order chi connectivity index (χ0) is 13.4. The minimum Gasteiger partial charge on any atom is -0.329 e. The van der Waals surface area contributed by atoms with Crippen LogP contribution in [-0.4, -0.2) is 19.5 Å². The third-order valence-corrected chi connectivity index (χ3v) is 4.40. The molecule has 0 saturated carbocycles. The van der Waals surface area contributed by atoms with E-state index in [0.717, 1.165) is 33.1 Å². The number of aromatic amines is 1. The van der Waals surface area contributed by atoms with Crippen molar-refractivity contribution in [2.24, 2.45) is 0 Å². The average Bonchev–Trinajstić information content (AvgIpc) is 2.98. The first-order valence-electron chi connectivity index (χ1n) is 6.09. The van der Waals surface area contributed by atoms with Crippen molar-refractivity contribution >= 4 is 34.7 Å². The summed E-state index contributed by atoms with van der Waals surface area (Å²) in [6.45, 7) is 4.98. The molecule has 19 heavy (non-hydrogen) atoms. The Morgan fingerprint density at radius 1 is 1.47 bits per heavy atom. The van der Waals surface area contributed by atoms with Gasteiger partial charge >= 0.3 is 0 Å². The quantitative estimate of drug-likeness (QED) is 0.749. The Morgan fingerprint density at radius 3 is 3.05 bits per heavy atom. The second-order valence-electron chi connectivity index (χ2n) is 4.70. The monoisotopic (exact) mass is 290 g/mol. The smallest absolute Gasteiger partial charge is 0.179 e. The number of pyridine rings is 1. The minimum atomic E-state index is 0.328. The van der Waals surface area contributed by atoms with Crippen LogP contribution in [0.25, 0.3) is 11.2 Å². The van der Waals surface area contributed by atoms with Crippen LogP contribution in [0.15, 0.2) is 23.8 Å². The zero-order valence-electron chi connectivity index (χ0n) is 10.8. The lowest BCUT2D eigenvalue weighted by Gasteiger charge is -2.09. The van der Waals surface area contributed by atoms with Crippen molar-refractivity contribution in [3.05, 3.63) is 39.2 Å². The van der Waals surface area contributed by atoms with Crippen LogP contribution in [0.4, 0.5) is 0 Å². The van der Waals surface area contributed by atoms with E-state index in [1.807, 2.05) is 24.7 Å². The Balaban J connectivity index is 2.01. The van der Waals surface area contributed by atoms with E-state index in [-0.39, 0.29) is 0 Å². The molecule has 0 aliphatic rings. The number of nitrogens with zero attached hydrogens (tertiary/aromatic N) is 3. The molecule has 0 fully saturated rings. The van der Waals surface area contributed by atoms with E-state index >= 15 is 0 Å². The molecule has 1 N–H and O–H groups in total. The largest absolute Gasteiger partial charge is 0.329 e. The molecule has 3 rings (SSSR count). The average molecular weight is 290 g/mol. The van der Waals surface area contributed by atoms with Crippen LogP contribution in [0, 0.1) is 11.7 Å². The highest BCUT2D eigenvalue weighted by molar-refractivity contribution is 7.71. The topological polar surface area (TPSA) is 46.5 Å². The number of nitrogens with one attached hydrogen (secondary N) is 1.